The number of carbonyl (C=O) groups is 1. The lowest BCUT2D eigenvalue weighted by Crippen LogP contribution is -2.39. The number of pyridine rings is 2. The quantitative estimate of drug-likeness (QED) is 0.252. The Morgan fingerprint density at radius 3 is 2.24 bits per heavy atom. The predicted octanol–water partition coefficient (Wildman–Crippen LogP) is 5.92. The number of ether oxygens (including phenoxy) is 1. The van der Waals surface area contributed by atoms with Gasteiger partial charge in [-0.3, -0.25) is 4.79 Å². The van der Waals surface area contributed by atoms with Gasteiger partial charge in [0.2, 0.25) is 0 Å². The maximum Gasteiger partial charge on any atom is 0.407 e. The number of amides is 1. The highest BCUT2D eigenvalue weighted by atomic mass is 16.6. The number of anilines is 1. The minimum Gasteiger partial charge on any atom is -0.444 e. The number of rotatable bonds is 7. The summed E-state index contributed by atoms with van der Waals surface area (Å²) in [5, 5.41) is 26.9. The molecular formula is C35H43N7O4. The molecule has 46 heavy (non-hydrogen) atoms. The van der Waals surface area contributed by atoms with Crippen LogP contribution in [-0.4, -0.2) is 45.6 Å². The summed E-state index contributed by atoms with van der Waals surface area (Å²) in [7, 11) is 3.50. The number of aryl methyl sites for hydroxylation is 1. The molecular weight excluding hydrogens is 582 g/mol. The van der Waals surface area contributed by atoms with Crippen molar-refractivity contribution >= 4 is 28.5 Å². The molecule has 4 rings (SSSR count). The smallest absolute Gasteiger partial charge is 0.407 e. The van der Waals surface area contributed by atoms with Gasteiger partial charge in [0, 0.05) is 32.6 Å². The third-order valence-corrected chi connectivity index (χ3v) is 7.93. The maximum absolute atomic E-state index is 13.1. The summed E-state index contributed by atoms with van der Waals surface area (Å²) in [5.41, 5.74) is 3.03. The molecule has 3 aromatic rings. The zero-order valence-corrected chi connectivity index (χ0v) is 28.0. The van der Waals surface area contributed by atoms with E-state index in [-0.39, 0.29) is 23.2 Å². The number of oxime groups is 1. The van der Waals surface area contributed by atoms with Crippen LogP contribution in [0.25, 0.3) is 11.0 Å². The second-order valence-electron chi connectivity index (χ2n) is 13.7. The average Bonchev–Trinajstić information content (AvgIpc) is 3.00. The zero-order chi connectivity index (χ0) is 33.8. The van der Waals surface area contributed by atoms with Gasteiger partial charge in [0.15, 0.2) is 0 Å². The van der Waals surface area contributed by atoms with Crippen molar-refractivity contribution in [3.8, 4) is 12.1 Å². The summed E-state index contributed by atoms with van der Waals surface area (Å²) < 4.78 is 6.75. The Balaban J connectivity index is 1.56. The lowest BCUT2D eigenvalue weighted by Gasteiger charge is -2.37. The average molecular weight is 626 g/mol. The van der Waals surface area contributed by atoms with Crippen LogP contribution in [0.2, 0.25) is 0 Å². The summed E-state index contributed by atoms with van der Waals surface area (Å²) in [6, 6.07) is 15.4. The van der Waals surface area contributed by atoms with Gasteiger partial charge in [-0.05, 0) is 90.5 Å². The second-order valence-corrected chi connectivity index (χ2v) is 13.7. The molecule has 1 N–H and O–H groups in total. The number of carbonyl (C=O) groups excluding carboxylic acids is 1. The van der Waals surface area contributed by atoms with Crippen LogP contribution in [0.3, 0.4) is 0 Å². The van der Waals surface area contributed by atoms with E-state index in [0.29, 0.717) is 23.3 Å². The topological polar surface area (TPSA) is 146 Å². The van der Waals surface area contributed by atoms with Gasteiger partial charge in [-0.15, -0.1) is 0 Å². The third-order valence-electron chi connectivity index (χ3n) is 7.93. The standard InChI is InChI=1S/C35H43N7O4/c1-34(2,3)45-33(44)38-21-22-9-11-23(12-10-22)29(40-46-35(4,5)6)24-13-16-26(17-14-24)41(7)31-27(20-37)32(43)42(8)28-18-15-25(19-36)39-30(28)31/h9-12,15,18,24,26H,13-14,16-17,21H2,1-8H3,(H,38,44)/b40-29+. The lowest BCUT2D eigenvalue weighted by atomic mass is 9.80. The van der Waals surface area contributed by atoms with Crippen LogP contribution in [0.5, 0.6) is 0 Å². The van der Waals surface area contributed by atoms with Crippen molar-refractivity contribution in [2.75, 3.05) is 11.9 Å². The van der Waals surface area contributed by atoms with E-state index in [1.807, 2.05) is 77.8 Å². The molecule has 0 saturated heterocycles. The van der Waals surface area contributed by atoms with Crippen molar-refractivity contribution in [3.05, 3.63) is 69.1 Å². The first-order valence-corrected chi connectivity index (χ1v) is 15.5. The van der Waals surface area contributed by atoms with Crippen LogP contribution >= 0.6 is 0 Å². The Morgan fingerprint density at radius 2 is 1.67 bits per heavy atom. The second kappa shape index (κ2) is 13.6. The van der Waals surface area contributed by atoms with Crippen LogP contribution < -0.4 is 15.8 Å². The molecule has 1 aliphatic rings. The van der Waals surface area contributed by atoms with Gasteiger partial charge in [0.1, 0.15) is 40.1 Å². The summed E-state index contributed by atoms with van der Waals surface area (Å²) >= 11 is 0. The molecule has 1 amide bonds. The molecule has 0 aliphatic heterocycles. The highest BCUT2D eigenvalue weighted by Gasteiger charge is 2.31. The number of nitriles is 2. The molecule has 0 radical (unpaired) electrons. The number of nitrogens with one attached hydrogen (secondary N) is 1. The summed E-state index contributed by atoms with van der Waals surface area (Å²) in [6.45, 7) is 11.7. The van der Waals surface area contributed by atoms with E-state index < -0.39 is 22.9 Å². The van der Waals surface area contributed by atoms with Crippen molar-refractivity contribution in [2.45, 2.75) is 91.0 Å². The first kappa shape index (κ1) is 34.0. The van der Waals surface area contributed by atoms with E-state index in [0.717, 1.165) is 42.5 Å². The third kappa shape index (κ3) is 8.02. The van der Waals surface area contributed by atoms with Crippen LogP contribution in [0.4, 0.5) is 10.5 Å². The summed E-state index contributed by atoms with van der Waals surface area (Å²) in [5.74, 6) is 0.122. The highest BCUT2D eigenvalue weighted by molar-refractivity contribution is 6.02. The molecule has 0 atom stereocenters. The van der Waals surface area contributed by atoms with Gasteiger partial charge in [-0.2, -0.15) is 10.5 Å². The van der Waals surface area contributed by atoms with E-state index >= 15 is 0 Å². The van der Waals surface area contributed by atoms with Crippen LogP contribution in [-0.2, 0) is 23.2 Å². The SMILES string of the molecule is CN(c1c(C#N)c(=O)n(C)c2ccc(C#N)nc12)C1CCC(/C(=N/OC(C)(C)C)c2ccc(CNC(=O)OC(C)(C)C)cc2)CC1. The van der Waals surface area contributed by atoms with Crippen LogP contribution in [0.15, 0.2) is 46.3 Å². The Morgan fingerprint density at radius 1 is 1.02 bits per heavy atom. The molecule has 1 aliphatic carbocycles. The van der Waals surface area contributed by atoms with Crippen LogP contribution in [0.1, 0.15) is 89.6 Å². The maximum atomic E-state index is 13.1. The fraction of sp³-hybridized carbons (Fsp3) is 0.486. The Labute approximate surface area is 270 Å². The molecule has 1 aromatic carbocycles. The minimum atomic E-state index is -0.567. The van der Waals surface area contributed by atoms with Crippen LogP contribution in [0, 0.1) is 28.6 Å². The first-order chi connectivity index (χ1) is 21.6. The highest BCUT2D eigenvalue weighted by Crippen LogP contribution is 2.35. The normalized spacial score (nSPS) is 17.1. The van der Waals surface area contributed by atoms with Gasteiger partial charge in [-0.25, -0.2) is 9.78 Å². The molecule has 0 spiro atoms. The fourth-order valence-corrected chi connectivity index (χ4v) is 5.65. The summed E-state index contributed by atoms with van der Waals surface area (Å²) in [4.78, 5) is 37.7. The van der Waals surface area contributed by atoms with Gasteiger partial charge >= 0.3 is 6.09 Å². The lowest BCUT2D eigenvalue weighted by molar-refractivity contribution is -0.0000353. The van der Waals surface area contributed by atoms with Gasteiger partial charge in [0.05, 0.1) is 16.9 Å². The number of nitrogens with zero attached hydrogens (tertiary/aromatic N) is 6. The van der Waals surface area contributed by atoms with Gasteiger partial charge < -0.3 is 24.4 Å². The fourth-order valence-electron chi connectivity index (χ4n) is 5.65. The van der Waals surface area contributed by atoms with E-state index in [1.165, 1.54) is 4.57 Å². The molecule has 11 nitrogen and oxygen atoms in total. The van der Waals surface area contributed by atoms with Crippen molar-refractivity contribution in [1.29, 1.82) is 10.5 Å². The van der Waals surface area contributed by atoms with Crippen molar-refractivity contribution in [3.63, 3.8) is 0 Å². The van der Waals surface area contributed by atoms with E-state index in [9.17, 15) is 20.1 Å². The molecule has 2 aromatic heterocycles. The number of benzene rings is 1. The zero-order valence-electron chi connectivity index (χ0n) is 28.0. The van der Waals surface area contributed by atoms with Crippen molar-refractivity contribution in [2.24, 2.45) is 18.1 Å². The Bertz CT molecular complexity index is 1760. The molecule has 0 bridgehead atoms. The molecule has 1 saturated carbocycles. The molecule has 11 heteroatoms. The summed E-state index contributed by atoms with van der Waals surface area (Å²) in [6.07, 6.45) is 2.72. The van der Waals surface area contributed by atoms with E-state index in [4.69, 9.17) is 9.57 Å². The monoisotopic (exact) mass is 625 g/mol. The van der Waals surface area contributed by atoms with E-state index in [2.05, 4.69) is 27.6 Å². The molecule has 2 heterocycles. The Kier molecular flexibility index (Phi) is 10.1. The van der Waals surface area contributed by atoms with Gasteiger partial charge in [0.25, 0.3) is 5.56 Å². The van der Waals surface area contributed by atoms with Crippen molar-refractivity contribution < 1.29 is 14.4 Å². The largest absolute Gasteiger partial charge is 0.444 e. The van der Waals surface area contributed by atoms with Crippen molar-refractivity contribution in [1.82, 2.24) is 14.9 Å². The number of aromatic nitrogens is 2. The molecule has 1 fully saturated rings. The Hall–Kier alpha value is -4.90. The number of hydrogen-bond donors (Lipinski definition) is 1. The number of alkyl carbamates (subject to hydrolysis) is 1. The predicted molar refractivity (Wildman–Crippen MR) is 177 cm³/mol. The van der Waals surface area contributed by atoms with Gasteiger partial charge in [-0.1, -0.05) is 29.4 Å². The molecule has 242 valence electrons. The number of fused-ring (bicyclic) bond motifs is 1. The minimum absolute atomic E-state index is 0.0179. The first-order valence-electron chi connectivity index (χ1n) is 15.5. The van der Waals surface area contributed by atoms with E-state index in [1.54, 1.807) is 19.2 Å². The number of hydrogen-bond acceptors (Lipinski definition) is 9. The molecule has 0 unspecified atom stereocenters.